The fourth-order valence-electron chi connectivity index (χ4n) is 5.35. The van der Waals surface area contributed by atoms with Crippen molar-refractivity contribution in [2.24, 2.45) is 0 Å². The summed E-state index contributed by atoms with van der Waals surface area (Å²) in [6, 6.07) is 9.07. The lowest BCUT2D eigenvalue weighted by Crippen LogP contribution is -2.44. The molecule has 1 aromatic carbocycles. The second-order valence-corrected chi connectivity index (χ2v) is 9.99. The molecule has 4 aromatic rings. The molecule has 0 spiro atoms. The molecule has 8 heteroatoms. The predicted molar refractivity (Wildman–Crippen MR) is 130 cm³/mol. The molecular weight excluding hydrogens is 418 g/mol. The number of nitrogens with zero attached hydrogens (tertiary/aromatic N) is 6. The standard InChI is InChI=1S/C24H29N7S/c1-29-11-13-31(14-12-29)18-7-3-5-16-21(18)28-24(27-16)19-8-4-6-17(30(19)2)22-23-20(9-10-25-22)32-15-26-23/h3,5,7,9-10,15,17,19H,4,6,8,11-14H2,1-2H3,(H,27,28)/t17-,19+/m0/s1. The molecule has 1 N–H and O–H groups in total. The highest BCUT2D eigenvalue weighted by molar-refractivity contribution is 7.16. The number of benzene rings is 1. The number of anilines is 1. The Morgan fingerprint density at radius 1 is 1.00 bits per heavy atom. The van der Waals surface area contributed by atoms with E-state index in [2.05, 4.69) is 63.0 Å². The number of likely N-dealkylation sites (tertiary alicyclic amines) is 1. The minimum absolute atomic E-state index is 0.247. The lowest BCUT2D eigenvalue weighted by Gasteiger charge is -2.38. The number of imidazole rings is 1. The number of piperazine rings is 1. The van der Waals surface area contributed by atoms with Gasteiger partial charge in [-0.05, 0) is 51.6 Å². The number of pyridine rings is 1. The highest BCUT2D eigenvalue weighted by Gasteiger charge is 2.34. The zero-order chi connectivity index (χ0) is 21.7. The van der Waals surface area contributed by atoms with Crippen LogP contribution in [0.3, 0.4) is 0 Å². The van der Waals surface area contributed by atoms with Gasteiger partial charge in [-0.3, -0.25) is 9.88 Å². The number of aromatic amines is 1. The molecule has 0 radical (unpaired) electrons. The van der Waals surface area contributed by atoms with E-state index < -0.39 is 0 Å². The van der Waals surface area contributed by atoms with Crippen molar-refractivity contribution in [1.82, 2.24) is 29.7 Å². The van der Waals surface area contributed by atoms with Gasteiger partial charge < -0.3 is 14.8 Å². The summed E-state index contributed by atoms with van der Waals surface area (Å²) in [4.78, 5) is 25.5. The monoisotopic (exact) mass is 447 g/mol. The topological polar surface area (TPSA) is 64.2 Å². The van der Waals surface area contributed by atoms with Crippen molar-refractivity contribution in [1.29, 1.82) is 0 Å². The number of rotatable bonds is 3. The fraction of sp³-hybridized carbons (Fsp3) is 0.458. The Kier molecular flexibility index (Phi) is 5.08. The van der Waals surface area contributed by atoms with E-state index in [9.17, 15) is 0 Å². The van der Waals surface area contributed by atoms with E-state index in [1.54, 1.807) is 11.3 Å². The number of para-hydroxylation sites is 1. The van der Waals surface area contributed by atoms with Gasteiger partial charge >= 0.3 is 0 Å². The molecule has 2 aliphatic heterocycles. The van der Waals surface area contributed by atoms with Gasteiger partial charge in [0.15, 0.2) is 0 Å². The van der Waals surface area contributed by atoms with Crippen LogP contribution in [-0.4, -0.2) is 70.0 Å². The zero-order valence-electron chi connectivity index (χ0n) is 18.7. The Hall–Kier alpha value is -2.55. The number of thiazole rings is 1. The van der Waals surface area contributed by atoms with Crippen molar-refractivity contribution in [2.45, 2.75) is 31.3 Å². The largest absolute Gasteiger partial charge is 0.367 e. The molecule has 6 rings (SSSR count). The van der Waals surface area contributed by atoms with E-state index in [1.807, 2.05) is 11.7 Å². The summed E-state index contributed by atoms with van der Waals surface area (Å²) in [5.41, 5.74) is 7.59. The van der Waals surface area contributed by atoms with Crippen LogP contribution in [0.4, 0.5) is 5.69 Å². The highest BCUT2D eigenvalue weighted by atomic mass is 32.1. The quantitative estimate of drug-likeness (QED) is 0.507. The van der Waals surface area contributed by atoms with Crippen molar-refractivity contribution < 1.29 is 0 Å². The summed E-state index contributed by atoms with van der Waals surface area (Å²) >= 11 is 1.69. The number of hydrogen-bond donors (Lipinski definition) is 1. The van der Waals surface area contributed by atoms with E-state index in [0.29, 0.717) is 0 Å². The molecule has 5 heterocycles. The molecule has 2 atom stereocenters. The Morgan fingerprint density at radius 3 is 2.72 bits per heavy atom. The van der Waals surface area contributed by atoms with Gasteiger partial charge in [0.2, 0.25) is 0 Å². The third kappa shape index (κ3) is 3.37. The van der Waals surface area contributed by atoms with Crippen LogP contribution in [0.1, 0.15) is 42.9 Å². The number of piperidine rings is 1. The van der Waals surface area contributed by atoms with Crippen LogP contribution in [0.25, 0.3) is 21.3 Å². The first-order valence-corrected chi connectivity index (χ1v) is 12.4. The van der Waals surface area contributed by atoms with Gasteiger partial charge in [-0.1, -0.05) is 6.07 Å². The van der Waals surface area contributed by atoms with Gasteiger partial charge in [-0.25, -0.2) is 9.97 Å². The maximum atomic E-state index is 5.07. The lowest BCUT2D eigenvalue weighted by atomic mass is 9.93. The summed E-state index contributed by atoms with van der Waals surface area (Å²) < 4.78 is 1.21. The molecule has 32 heavy (non-hydrogen) atoms. The number of nitrogens with one attached hydrogen (secondary N) is 1. The molecule has 2 saturated heterocycles. The summed E-state index contributed by atoms with van der Waals surface area (Å²) in [6.45, 7) is 4.30. The molecule has 2 fully saturated rings. The third-order valence-corrected chi connectivity index (χ3v) is 8.00. The second kappa shape index (κ2) is 8.10. The molecule has 0 amide bonds. The molecule has 0 aliphatic carbocycles. The Labute approximate surface area is 192 Å². The summed E-state index contributed by atoms with van der Waals surface area (Å²) in [5.74, 6) is 1.07. The van der Waals surface area contributed by atoms with Crippen molar-refractivity contribution >= 4 is 38.3 Å². The van der Waals surface area contributed by atoms with Crippen LogP contribution >= 0.6 is 11.3 Å². The smallest absolute Gasteiger partial charge is 0.124 e. The zero-order valence-corrected chi connectivity index (χ0v) is 19.5. The first kappa shape index (κ1) is 20.1. The van der Waals surface area contributed by atoms with Crippen molar-refractivity contribution in [3.63, 3.8) is 0 Å². The Balaban J connectivity index is 1.33. The number of aromatic nitrogens is 4. The molecule has 166 valence electrons. The van der Waals surface area contributed by atoms with E-state index in [4.69, 9.17) is 9.97 Å². The van der Waals surface area contributed by atoms with E-state index in [0.717, 1.165) is 68.0 Å². The van der Waals surface area contributed by atoms with Crippen molar-refractivity contribution in [3.05, 3.63) is 47.5 Å². The van der Waals surface area contributed by atoms with Crippen molar-refractivity contribution in [2.75, 3.05) is 45.2 Å². The maximum absolute atomic E-state index is 5.07. The van der Waals surface area contributed by atoms with Crippen LogP contribution < -0.4 is 4.90 Å². The number of H-pyrrole nitrogens is 1. The van der Waals surface area contributed by atoms with E-state index in [1.165, 1.54) is 15.9 Å². The first-order chi connectivity index (χ1) is 15.7. The van der Waals surface area contributed by atoms with Crippen LogP contribution in [0.15, 0.2) is 36.0 Å². The Morgan fingerprint density at radius 2 is 1.84 bits per heavy atom. The maximum Gasteiger partial charge on any atom is 0.124 e. The summed E-state index contributed by atoms with van der Waals surface area (Å²) in [6.07, 6.45) is 5.29. The fourth-order valence-corrected chi connectivity index (χ4v) is 6.03. The molecule has 0 saturated carbocycles. The average Bonchev–Trinajstić information content (AvgIpc) is 3.47. The highest BCUT2D eigenvalue weighted by Crippen LogP contribution is 2.41. The van der Waals surface area contributed by atoms with Gasteiger partial charge in [-0.15, -0.1) is 11.3 Å². The molecule has 3 aromatic heterocycles. The van der Waals surface area contributed by atoms with Crippen molar-refractivity contribution in [3.8, 4) is 0 Å². The van der Waals surface area contributed by atoms with E-state index in [-0.39, 0.29) is 12.1 Å². The van der Waals surface area contributed by atoms with Crippen LogP contribution in [0.2, 0.25) is 0 Å². The number of hydrogen-bond acceptors (Lipinski definition) is 7. The van der Waals surface area contributed by atoms with Crippen LogP contribution in [0.5, 0.6) is 0 Å². The molecule has 2 aliphatic rings. The van der Waals surface area contributed by atoms with E-state index >= 15 is 0 Å². The van der Waals surface area contributed by atoms with Gasteiger partial charge in [0.25, 0.3) is 0 Å². The molecule has 7 nitrogen and oxygen atoms in total. The minimum Gasteiger partial charge on any atom is -0.367 e. The van der Waals surface area contributed by atoms with Gasteiger partial charge in [0, 0.05) is 32.4 Å². The molecular formula is C24H29N7S. The normalized spacial score (nSPS) is 23.4. The molecule has 0 unspecified atom stereocenters. The SMILES string of the molecule is CN1CCN(c2cccc3nc([C@H]4CCC[C@@H](c5nccc6scnc56)N4C)[nH]c23)CC1. The van der Waals surface area contributed by atoms with Crippen LogP contribution in [-0.2, 0) is 0 Å². The minimum atomic E-state index is 0.247. The van der Waals surface area contributed by atoms with Gasteiger partial charge in [0.05, 0.1) is 44.7 Å². The molecule has 0 bridgehead atoms. The number of likely N-dealkylation sites (N-methyl/N-ethyl adjacent to an activating group) is 1. The predicted octanol–water partition coefficient (Wildman–Crippen LogP) is 4.22. The van der Waals surface area contributed by atoms with Gasteiger partial charge in [-0.2, -0.15) is 0 Å². The summed E-state index contributed by atoms with van der Waals surface area (Å²) in [5, 5.41) is 0. The second-order valence-electron chi connectivity index (χ2n) is 9.11. The Bertz CT molecular complexity index is 1240. The number of fused-ring (bicyclic) bond motifs is 2. The van der Waals surface area contributed by atoms with Crippen LogP contribution in [0, 0.1) is 0 Å². The summed E-state index contributed by atoms with van der Waals surface area (Å²) in [7, 11) is 4.42. The van der Waals surface area contributed by atoms with Gasteiger partial charge in [0.1, 0.15) is 11.3 Å². The first-order valence-electron chi connectivity index (χ1n) is 11.5. The third-order valence-electron chi connectivity index (χ3n) is 7.21. The lowest BCUT2D eigenvalue weighted by molar-refractivity contribution is 0.108. The average molecular weight is 448 g/mol.